The number of rotatable bonds is 3. The minimum Gasteiger partial charge on any atom is -0.444 e. The third-order valence-electron chi connectivity index (χ3n) is 4.07. The highest BCUT2D eigenvalue weighted by Gasteiger charge is 2.29. The molecule has 1 N–H and O–H groups in total. The first-order valence-corrected chi connectivity index (χ1v) is 9.33. The van der Waals surface area contributed by atoms with E-state index in [1.165, 1.54) is 0 Å². The molecule has 1 atom stereocenters. The SMILES string of the molecule is CC.Cc1cnn2cc(NCC3CCN(C(=O)OC(C)(C)C)C3)cnc12. The van der Waals surface area contributed by atoms with E-state index >= 15 is 0 Å². The third kappa shape index (κ3) is 5.09. The van der Waals surface area contributed by atoms with Gasteiger partial charge >= 0.3 is 6.09 Å². The summed E-state index contributed by atoms with van der Waals surface area (Å²) in [6, 6.07) is 0. The second kappa shape index (κ2) is 8.38. The Hall–Kier alpha value is -2.31. The van der Waals surface area contributed by atoms with Crippen LogP contribution in [0.1, 0.15) is 46.6 Å². The third-order valence-corrected chi connectivity index (χ3v) is 4.07. The Labute approximate surface area is 155 Å². The first-order valence-electron chi connectivity index (χ1n) is 9.33. The number of likely N-dealkylation sites (tertiary alicyclic amines) is 1. The van der Waals surface area contributed by atoms with Gasteiger partial charge in [-0.15, -0.1) is 0 Å². The molecule has 7 nitrogen and oxygen atoms in total. The maximum atomic E-state index is 12.1. The normalized spacial score (nSPS) is 17.0. The number of carbonyl (C=O) groups excluding carboxylic acids is 1. The predicted octanol–water partition coefficient (Wildman–Crippen LogP) is 3.73. The van der Waals surface area contributed by atoms with Crippen LogP contribution in [0.15, 0.2) is 18.6 Å². The van der Waals surface area contributed by atoms with E-state index in [1.807, 2.05) is 60.1 Å². The van der Waals surface area contributed by atoms with Crippen molar-refractivity contribution in [3.63, 3.8) is 0 Å². The molecule has 0 spiro atoms. The zero-order valence-electron chi connectivity index (χ0n) is 16.7. The molecular formula is C19H31N5O2. The van der Waals surface area contributed by atoms with Crippen LogP contribution >= 0.6 is 0 Å². The quantitative estimate of drug-likeness (QED) is 0.902. The highest BCUT2D eigenvalue weighted by Crippen LogP contribution is 2.20. The van der Waals surface area contributed by atoms with Crippen LogP contribution < -0.4 is 5.32 Å². The van der Waals surface area contributed by atoms with Crippen LogP contribution in [0.2, 0.25) is 0 Å². The van der Waals surface area contributed by atoms with Gasteiger partial charge in [-0.3, -0.25) is 0 Å². The van der Waals surface area contributed by atoms with Crippen molar-refractivity contribution in [2.45, 2.75) is 53.6 Å². The molecule has 0 aliphatic carbocycles. The van der Waals surface area contributed by atoms with Gasteiger partial charge in [0, 0.05) is 25.2 Å². The van der Waals surface area contributed by atoms with Crippen LogP contribution in [0.5, 0.6) is 0 Å². The van der Waals surface area contributed by atoms with Crippen molar-refractivity contribution >= 4 is 17.4 Å². The smallest absolute Gasteiger partial charge is 0.410 e. The van der Waals surface area contributed by atoms with Gasteiger partial charge in [0.25, 0.3) is 0 Å². The van der Waals surface area contributed by atoms with Crippen molar-refractivity contribution in [2.75, 3.05) is 25.0 Å². The largest absolute Gasteiger partial charge is 0.444 e. The summed E-state index contributed by atoms with van der Waals surface area (Å²) in [5.41, 5.74) is 2.42. The minimum atomic E-state index is -0.448. The fourth-order valence-corrected chi connectivity index (χ4v) is 2.84. The maximum Gasteiger partial charge on any atom is 0.410 e. The summed E-state index contributed by atoms with van der Waals surface area (Å²) in [6.45, 7) is 13.9. The van der Waals surface area contributed by atoms with E-state index in [-0.39, 0.29) is 6.09 Å². The Kier molecular flexibility index (Phi) is 6.45. The Bertz CT molecular complexity index is 735. The van der Waals surface area contributed by atoms with Crippen molar-refractivity contribution < 1.29 is 9.53 Å². The van der Waals surface area contributed by atoms with Gasteiger partial charge in [-0.1, -0.05) is 13.8 Å². The molecule has 1 unspecified atom stereocenters. The van der Waals surface area contributed by atoms with Gasteiger partial charge in [0.1, 0.15) is 5.60 Å². The van der Waals surface area contributed by atoms with Gasteiger partial charge < -0.3 is 15.0 Å². The van der Waals surface area contributed by atoms with Crippen molar-refractivity contribution in [3.05, 3.63) is 24.2 Å². The molecular weight excluding hydrogens is 330 g/mol. The monoisotopic (exact) mass is 361 g/mol. The van der Waals surface area contributed by atoms with E-state index in [0.29, 0.717) is 5.92 Å². The molecule has 0 bridgehead atoms. The predicted molar refractivity (Wildman–Crippen MR) is 103 cm³/mol. The van der Waals surface area contributed by atoms with Crippen molar-refractivity contribution in [1.29, 1.82) is 0 Å². The second-order valence-corrected chi connectivity index (χ2v) is 7.40. The highest BCUT2D eigenvalue weighted by molar-refractivity contribution is 5.68. The molecule has 0 radical (unpaired) electrons. The van der Waals surface area contributed by atoms with Gasteiger partial charge in [0.2, 0.25) is 0 Å². The van der Waals surface area contributed by atoms with Crippen LogP contribution in [0.3, 0.4) is 0 Å². The molecule has 7 heteroatoms. The molecule has 144 valence electrons. The van der Waals surface area contributed by atoms with Gasteiger partial charge in [-0.25, -0.2) is 14.3 Å². The van der Waals surface area contributed by atoms with Crippen molar-refractivity contribution in [2.24, 2.45) is 5.92 Å². The lowest BCUT2D eigenvalue weighted by molar-refractivity contribution is 0.0289. The lowest BCUT2D eigenvalue weighted by Crippen LogP contribution is -2.35. The zero-order chi connectivity index (χ0) is 19.3. The van der Waals surface area contributed by atoms with E-state index < -0.39 is 5.60 Å². The van der Waals surface area contributed by atoms with Crippen molar-refractivity contribution in [3.8, 4) is 0 Å². The number of nitrogens with one attached hydrogen (secondary N) is 1. The highest BCUT2D eigenvalue weighted by atomic mass is 16.6. The Morgan fingerprint density at radius 3 is 2.77 bits per heavy atom. The number of nitrogens with zero attached hydrogens (tertiary/aromatic N) is 4. The van der Waals surface area contributed by atoms with Crippen LogP contribution in [-0.2, 0) is 4.74 Å². The lowest BCUT2D eigenvalue weighted by atomic mass is 10.1. The summed E-state index contributed by atoms with van der Waals surface area (Å²) >= 11 is 0. The van der Waals surface area contributed by atoms with E-state index in [2.05, 4.69) is 15.4 Å². The number of ether oxygens (including phenoxy) is 1. The summed E-state index contributed by atoms with van der Waals surface area (Å²) in [4.78, 5) is 18.3. The second-order valence-electron chi connectivity index (χ2n) is 7.40. The van der Waals surface area contributed by atoms with Gasteiger partial charge in [0.15, 0.2) is 5.65 Å². The molecule has 1 aliphatic heterocycles. The van der Waals surface area contributed by atoms with Crippen molar-refractivity contribution in [1.82, 2.24) is 19.5 Å². The average Bonchev–Trinajstić information content (AvgIpc) is 3.20. The summed E-state index contributed by atoms with van der Waals surface area (Å²) in [5.74, 6) is 0.410. The number of anilines is 1. The fourth-order valence-electron chi connectivity index (χ4n) is 2.84. The Morgan fingerprint density at radius 1 is 1.35 bits per heavy atom. The molecule has 1 aliphatic rings. The van der Waals surface area contributed by atoms with Crippen LogP contribution in [0, 0.1) is 12.8 Å². The number of fused-ring (bicyclic) bond motifs is 1. The first-order chi connectivity index (χ1) is 12.3. The molecule has 3 heterocycles. The lowest BCUT2D eigenvalue weighted by Gasteiger charge is -2.24. The Balaban J connectivity index is 0.00000117. The van der Waals surface area contributed by atoms with Gasteiger partial charge in [-0.05, 0) is 40.0 Å². The van der Waals surface area contributed by atoms with E-state index in [4.69, 9.17) is 4.74 Å². The first kappa shape index (κ1) is 20.0. The van der Waals surface area contributed by atoms with E-state index in [1.54, 1.807) is 9.42 Å². The van der Waals surface area contributed by atoms with Gasteiger partial charge in [0.05, 0.1) is 24.3 Å². The molecule has 2 aromatic rings. The molecule has 2 aromatic heterocycles. The van der Waals surface area contributed by atoms with Crippen LogP contribution in [0.25, 0.3) is 5.65 Å². The molecule has 1 saturated heterocycles. The Morgan fingerprint density at radius 2 is 2.08 bits per heavy atom. The summed E-state index contributed by atoms with van der Waals surface area (Å²) < 4.78 is 7.21. The average molecular weight is 361 g/mol. The molecule has 1 fully saturated rings. The molecule has 3 rings (SSSR count). The number of aryl methyl sites for hydroxylation is 1. The molecule has 0 saturated carbocycles. The number of aromatic nitrogens is 3. The number of hydrogen-bond donors (Lipinski definition) is 1. The summed E-state index contributed by atoms with van der Waals surface area (Å²) in [6.07, 6.45) is 6.32. The minimum absolute atomic E-state index is 0.222. The topological polar surface area (TPSA) is 71.8 Å². The summed E-state index contributed by atoms with van der Waals surface area (Å²) in [7, 11) is 0. The van der Waals surface area contributed by atoms with Gasteiger partial charge in [-0.2, -0.15) is 5.10 Å². The maximum absolute atomic E-state index is 12.1. The van der Waals surface area contributed by atoms with Crippen LogP contribution in [-0.4, -0.2) is 50.8 Å². The standard InChI is InChI=1S/C17H25N5O2.C2H6/c1-12-7-20-22-11-14(9-19-15(12)22)18-8-13-5-6-21(10-13)16(23)24-17(2,3)4;1-2/h7,9,11,13,18H,5-6,8,10H2,1-4H3;1-2H3. The number of carbonyl (C=O) groups is 1. The molecule has 26 heavy (non-hydrogen) atoms. The van der Waals surface area contributed by atoms with Crippen LogP contribution in [0.4, 0.5) is 10.5 Å². The zero-order valence-corrected chi connectivity index (χ0v) is 16.7. The van der Waals surface area contributed by atoms with E-state index in [0.717, 1.165) is 43.0 Å². The molecule has 1 amide bonds. The fraction of sp³-hybridized carbons (Fsp3) is 0.632. The summed E-state index contributed by atoms with van der Waals surface area (Å²) in [5, 5.41) is 7.67. The number of amides is 1. The van der Waals surface area contributed by atoms with E-state index in [9.17, 15) is 4.79 Å². The number of hydrogen-bond acceptors (Lipinski definition) is 5. The molecule has 0 aromatic carbocycles.